The third kappa shape index (κ3) is 2.67. The average molecular weight is 221 g/mol. The molecule has 80 valence electrons. The number of aryl methyl sites for hydroxylation is 1. The monoisotopic (exact) mass is 221 g/mol. The Kier molecular flexibility index (Phi) is 3.18. The Balaban J connectivity index is 2.04. The Hall–Kier alpha value is -1.13. The molecule has 1 N–H and O–H groups in total. The second-order valence-electron chi connectivity index (χ2n) is 3.61. The Morgan fingerprint density at radius 2 is 2.40 bits per heavy atom. The molecule has 0 unspecified atom stereocenters. The van der Waals surface area contributed by atoms with E-state index in [1.807, 2.05) is 14.0 Å². The van der Waals surface area contributed by atoms with Crippen molar-refractivity contribution >= 4 is 11.3 Å². The molecule has 3 nitrogen and oxygen atoms in total. The first kappa shape index (κ1) is 10.4. The van der Waals surface area contributed by atoms with E-state index in [0.717, 1.165) is 18.8 Å². The Morgan fingerprint density at radius 1 is 1.53 bits per heavy atom. The molecular weight excluding hydrogens is 206 g/mol. The van der Waals surface area contributed by atoms with Crippen LogP contribution in [0.25, 0.3) is 0 Å². The highest BCUT2D eigenvalue weighted by molar-refractivity contribution is 7.09. The van der Waals surface area contributed by atoms with Gasteiger partial charge in [0.15, 0.2) is 0 Å². The van der Waals surface area contributed by atoms with E-state index in [9.17, 15) is 0 Å². The fourth-order valence-electron chi connectivity index (χ4n) is 1.53. The van der Waals surface area contributed by atoms with Crippen LogP contribution in [0.15, 0.2) is 23.8 Å². The highest BCUT2D eigenvalue weighted by Gasteiger charge is 2.00. The third-order valence-corrected chi connectivity index (χ3v) is 3.13. The fourth-order valence-corrected chi connectivity index (χ4v) is 2.31. The lowest BCUT2D eigenvalue weighted by Gasteiger charge is -1.98. The molecule has 2 heterocycles. The molecule has 2 rings (SSSR count). The maximum absolute atomic E-state index is 4.44. The molecule has 0 aliphatic heterocycles. The van der Waals surface area contributed by atoms with E-state index in [4.69, 9.17) is 0 Å². The van der Waals surface area contributed by atoms with Gasteiger partial charge in [0, 0.05) is 30.0 Å². The molecule has 0 bridgehead atoms. The second-order valence-corrected chi connectivity index (χ2v) is 4.55. The SMILES string of the molecule is CNCc1ccn(Cc2nc(C)cs2)c1. The van der Waals surface area contributed by atoms with Crippen LogP contribution in [0.1, 0.15) is 16.3 Å². The molecule has 4 heteroatoms. The molecule has 0 saturated heterocycles. The Labute approximate surface area is 93.8 Å². The van der Waals surface area contributed by atoms with Gasteiger partial charge in [-0.2, -0.15) is 0 Å². The van der Waals surface area contributed by atoms with Crippen molar-refractivity contribution in [3.05, 3.63) is 40.1 Å². The van der Waals surface area contributed by atoms with E-state index < -0.39 is 0 Å². The Morgan fingerprint density at radius 3 is 3.07 bits per heavy atom. The first-order valence-electron chi connectivity index (χ1n) is 4.98. The predicted octanol–water partition coefficient (Wildman–Crippen LogP) is 2.02. The van der Waals surface area contributed by atoms with Crippen LogP contribution in [0.2, 0.25) is 0 Å². The normalized spacial score (nSPS) is 10.8. The van der Waals surface area contributed by atoms with Crippen LogP contribution in [-0.4, -0.2) is 16.6 Å². The zero-order chi connectivity index (χ0) is 10.7. The molecular formula is C11H15N3S. The number of thiazole rings is 1. The molecule has 15 heavy (non-hydrogen) atoms. The number of nitrogens with zero attached hydrogens (tertiary/aromatic N) is 2. The largest absolute Gasteiger partial charge is 0.347 e. The van der Waals surface area contributed by atoms with Gasteiger partial charge in [-0.25, -0.2) is 4.98 Å². The summed E-state index contributed by atoms with van der Waals surface area (Å²) >= 11 is 1.72. The van der Waals surface area contributed by atoms with Gasteiger partial charge >= 0.3 is 0 Å². The van der Waals surface area contributed by atoms with Crippen LogP contribution in [0.4, 0.5) is 0 Å². The molecule has 0 atom stereocenters. The first-order chi connectivity index (χ1) is 7.28. The number of rotatable bonds is 4. The zero-order valence-electron chi connectivity index (χ0n) is 9.03. The minimum Gasteiger partial charge on any atom is -0.347 e. The summed E-state index contributed by atoms with van der Waals surface area (Å²) < 4.78 is 2.17. The summed E-state index contributed by atoms with van der Waals surface area (Å²) in [4.78, 5) is 4.44. The molecule has 2 aromatic rings. The van der Waals surface area contributed by atoms with Crippen LogP contribution < -0.4 is 5.32 Å². The van der Waals surface area contributed by atoms with E-state index in [1.165, 1.54) is 10.6 Å². The topological polar surface area (TPSA) is 29.9 Å². The summed E-state index contributed by atoms with van der Waals surface area (Å²) in [7, 11) is 1.96. The van der Waals surface area contributed by atoms with E-state index >= 15 is 0 Å². The van der Waals surface area contributed by atoms with Crippen molar-refractivity contribution in [2.45, 2.75) is 20.0 Å². The van der Waals surface area contributed by atoms with Gasteiger partial charge in [0.05, 0.1) is 6.54 Å². The maximum atomic E-state index is 4.44. The van der Waals surface area contributed by atoms with Crippen molar-refractivity contribution in [2.24, 2.45) is 0 Å². The van der Waals surface area contributed by atoms with E-state index in [-0.39, 0.29) is 0 Å². The van der Waals surface area contributed by atoms with Gasteiger partial charge < -0.3 is 9.88 Å². The summed E-state index contributed by atoms with van der Waals surface area (Å²) in [5, 5.41) is 6.40. The van der Waals surface area contributed by atoms with Gasteiger partial charge in [-0.3, -0.25) is 0 Å². The van der Waals surface area contributed by atoms with Crippen molar-refractivity contribution in [3.63, 3.8) is 0 Å². The van der Waals surface area contributed by atoms with Gasteiger partial charge in [-0.1, -0.05) is 0 Å². The van der Waals surface area contributed by atoms with E-state index in [2.05, 4.69) is 38.7 Å². The second kappa shape index (κ2) is 4.59. The number of hydrogen-bond acceptors (Lipinski definition) is 3. The highest BCUT2D eigenvalue weighted by atomic mass is 32.1. The van der Waals surface area contributed by atoms with Gasteiger partial charge in [0.1, 0.15) is 5.01 Å². The lowest BCUT2D eigenvalue weighted by molar-refractivity contribution is 0.777. The molecule has 0 aromatic carbocycles. The van der Waals surface area contributed by atoms with Crippen molar-refractivity contribution < 1.29 is 0 Å². The zero-order valence-corrected chi connectivity index (χ0v) is 9.84. The summed E-state index contributed by atoms with van der Waals surface area (Å²) in [6, 6.07) is 2.14. The quantitative estimate of drug-likeness (QED) is 0.856. The lowest BCUT2D eigenvalue weighted by Crippen LogP contribution is -2.04. The minimum absolute atomic E-state index is 0.877. The van der Waals surface area contributed by atoms with Crippen LogP contribution in [0, 0.1) is 6.92 Å². The number of aromatic nitrogens is 2. The average Bonchev–Trinajstić information content (AvgIpc) is 2.78. The Bertz CT molecular complexity index is 430. The van der Waals surface area contributed by atoms with Crippen molar-refractivity contribution in [3.8, 4) is 0 Å². The molecule has 0 radical (unpaired) electrons. The standard InChI is InChI=1S/C11H15N3S/c1-9-8-15-11(13-9)7-14-4-3-10(6-14)5-12-2/h3-4,6,8,12H,5,7H2,1-2H3. The van der Waals surface area contributed by atoms with Crippen LogP contribution >= 0.6 is 11.3 Å². The van der Waals surface area contributed by atoms with Crippen LogP contribution in [-0.2, 0) is 13.1 Å². The van der Waals surface area contributed by atoms with Gasteiger partial charge in [0.2, 0.25) is 0 Å². The fraction of sp³-hybridized carbons (Fsp3) is 0.364. The van der Waals surface area contributed by atoms with E-state index in [0.29, 0.717) is 0 Å². The van der Waals surface area contributed by atoms with Gasteiger partial charge in [-0.15, -0.1) is 11.3 Å². The molecule has 0 fully saturated rings. The van der Waals surface area contributed by atoms with Crippen molar-refractivity contribution in [2.75, 3.05) is 7.05 Å². The molecule has 0 aliphatic rings. The third-order valence-electron chi connectivity index (χ3n) is 2.18. The summed E-state index contributed by atoms with van der Waals surface area (Å²) in [5.74, 6) is 0. The number of nitrogens with one attached hydrogen (secondary N) is 1. The summed E-state index contributed by atoms with van der Waals surface area (Å²) in [6.45, 7) is 3.83. The lowest BCUT2D eigenvalue weighted by atomic mass is 10.3. The van der Waals surface area contributed by atoms with Crippen molar-refractivity contribution in [1.82, 2.24) is 14.9 Å². The predicted molar refractivity (Wildman–Crippen MR) is 63.1 cm³/mol. The molecule has 0 spiro atoms. The summed E-state index contributed by atoms with van der Waals surface area (Å²) in [5.41, 5.74) is 2.42. The number of hydrogen-bond donors (Lipinski definition) is 1. The van der Waals surface area contributed by atoms with Crippen LogP contribution in [0.3, 0.4) is 0 Å². The minimum atomic E-state index is 0.877. The smallest absolute Gasteiger partial charge is 0.113 e. The van der Waals surface area contributed by atoms with Crippen molar-refractivity contribution in [1.29, 1.82) is 0 Å². The first-order valence-corrected chi connectivity index (χ1v) is 5.86. The highest BCUT2D eigenvalue weighted by Crippen LogP contribution is 2.11. The molecule has 0 amide bonds. The van der Waals surface area contributed by atoms with Gasteiger partial charge in [-0.05, 0) is 25.6 Å². The van der Waals surface area contributed by atoms with Crippen LogP contribution in [0.5, 0.6) is 0 Å². The van der Waals surface area contributed by atoms with E-state index in [1.54, 1.807) is 11.3 Å². The molecule has 0 aliphatic carbocycles. The maximum Gasteiger partial charge on any atom is 0.113 e. The summed E-state index contributed by atoms with van der Waals surface area (Å²) in [6.07, 6.45) is 4.26. The molecule has 2 aromatic heterocycles. The molecule has 0 saturated carbocycles. The van der Waals surface area contributed by atoms with Gasteiger partial charge in [0.25, 0.3) is 0 Å².